The van der Waals surface area contributed by atoms with Gasteiger partial charge in [0.1, 0.15) is 17.3 Å². The summed E-state index contributed by atoms with van der Waals surface area (Å²) >= 11 is 0. The highest BCUT2D eigenvalue weighted by Crippen LogP contribution is 2.46. The van der Waals surface area contributed by atoms with Crippen LogP contribution in [0, 0.1) is 0 Å². The minimum atomic E-state index is -6.33. The Bertz CT molecular complexity index is 699. The summed E-state index contributed by atoms with van der Waals surface area (Å²) in [5, 5.41) is 1.93. The zero-order valence-electron chi connectivity index (χ0n) is 14.3. The van der Waals surface area contributed by atoms with Crippen molar-refractivity contribution in [2.45, 2.75) is 37.5 Å². The van der Waals surface area contributed by atoms with Crippen LogP contribution in [-0.4, -0.2) is 43.1 Å². The lowest BCUT2D eigenvalue weighted by molar-refractivity contribution is -0.352. The summed E-state index contributed by atoms with van der Waals surface area (Å²) in [5.41, 5.74) is 6.67. The van der Waals surface area contributed by atoms with Crippen molar-refractivity contribution in [2.24, 2.45) is 10.7 Å². The van der Waals surface area contributed by atoms with Crippen LogP contribution in [0.3, 0.4) is 0 Å². The third-order valence-corrected chi connectivity index (χ3v) is 3.75. The van der Waals surface area contributed by atoms with E-state index in [2.05, 4.69) is 4.99 Å². The topological polar surface area (TPSA) is 59.6 Å². The van der Waals surface area contributed by atoms with Crippen LogP contribution in [-0.2, 0) is 6.42 Å². The van der Waals surface area contributed by atoms with E-state index in [1.807, 2.05) is 5.32 Å². The van der Waals surface area contributed by atoms with Crippen molar-refractivity contribution >= 4 is 36.3 Å². The van der Waals surface area contributed by atoms with E-state index in [0.29, 0.717) is 17.0 Å². The fraction of sp³-hybridized carbons (Fsp3) is 0.533. The van der Waals surface area contributed by atoms with Gasteiger partial charge in [0, 0.05) is 0 Å². The number of hydrogen-bond acceptors (Lipinski definition) is 4. The average molecular weight is 460 g/mol. The molecule has 162 valence electrons. The van der Waals surface area contributed by atoms with Crippen molar-refractivity contribution in [3.05, 3.63) is 23.8 Å². The smallest absolute Gasteiger partial charge is 0.459 e. The quantitative estimate of drug-likeness (QED) is 0.493. The standard InChI is InChI=1S/C15H16F7N3O.2ClH/c1-8-12(23)25-10-6-9(2-3-11(10)26-8)4-5-24-7-13(16,17)14(18,19)15(20,21)22;;/h2-3,6,8,24H,4-5,7H2,1H3,(H2,23,25);2*1H/t8-;;/m1../s1. The number of alkyl halides is 7. The second-order valence-corrected chi connectivity index (χ2v) is 5.80. The number of halogens is 9. The van der Waals surface area contributed by atoms with Crippen molar-refractivity contribution in [1.29, 1.82) is 0 Å². The van der Waals surface area contributed by atoms with E-state index in [4.69, 9.17) is 10.5 Å². The largest absolute Gasteiger partial charge is 0.481 e. The molecule has 0 spiro atoms. The van der Waals surface area contributed by atoms with Crippen molar-refractivity contribution in [3.63, 3.8) is 0 Å². The van der Waals surface area contributed by atoms with E-state index in [-0.39, 0.29) is 43.6 Å². The van der Waals surface area contributed by atoms with Gasteiger partial charge in [0.25, 0.3) is 0 Å². The van der Waals surface area contributed by atoms with E-state index in [0.717, 1.165) is 0 Å². The Hall–Kier alpha value is -1.46. The summed E-state index contributed by atoms with van der Waals surface area (Å²) in [4.78, 5) is 4.12. The fourth-order valence-corrected chi connectivity index (χ4v) is 2.18. The van der Waals surface area contributed by atoms with Gasteiger partial charge in [-0.15, -0.1) is 24.8 Å². The van der Waals surface area contributed by atoms with Crippen LogP contribution in [0.1, 0.15) is 12.5 Å². The van der Waals surface area contributed by atoms with Gasteiger partial charge in [0.2, 0.25) is 0 Å². The zero-order valence-corrected chi connectivity index (χ0v) is 16.0. The van der Waals surface area contributed by atoms with Gasteiger partial charge in [-0.3, -0.25) is 0 Å². The molecule has 0 unspecified atom stereocenters. The summed E-state index contributed by atoms with van der Waals surface area (Å²) in [6.45, 7) is -0.342. The first-order valence-corrected chi connectivity index (χ1v) is 7.52. The zero-order chi connectivity index (χ0) is 19.8. The van der Waals surface area contributed by atoms with Crippen LogP contribution in [0.5, 0.6) is 5.75 Å². The van der Waals surface area contributed by atoms with Crippen LogP contribution < -0.4 is 15.8 Å². The molecule has 2 rings (SSSR count). The number of benzene rings is 1. The van der Waals surface area contributed by atoms with E-state index in [1.165, 1.54) is 0 Å². The minimum Gasteiger partial charge on any atom is -0.481 e. The average Bonchev–Trinajstić information content (AvgIpc) is 2.51. The molecule has 28 heavy (non-hydrogen) atoms. The number of nitrogens with one attached hydrogen (secondary N) is 1. The van der Waals surface area contributed by atoms with Crippen LogP contribution in [0.4, 0.5) is 36.4 Å². The van der Waals surface area contributed by atoms with Crippen molar-refractivity contribution < 1.29 is 35.5 Å². The van der Waals surface area contributed by atoms with Gasteiger partial charge in [-0.05, 0) is 37.6 Å². The number of nitrogens with zero attached hydrogens (tertiary/aromatic N) is 1. The molecule has 0 amide bonds. The molecule has 0 aliphatic carbocycles. The van der Waals surface area contributed by atoms with Gasteiger partial charge in [0.05, 0.1) is 6.54 Å². The molecule has 3 N–H and O–H groups in total. The second-order valence-electron chi connectivity index (χ2n) is 5.80. The Morgan fingerprint density at radius 3 is 2.29 bits per heavy atom. The van der Waals surface area contributed by atoms with Gasteiger partial charge in [-0.2, -0.15) is 30.7 Å². The van der Waals surface area contributed by atoms with E-state index in [1.54, 1.807) is 25.1 Å². The van der Waals surface area contributed by atoms with E-state index < -0.39 is 30.7 Å². The first-order valence-electron chi connectivity index (χ1n) is 7.52. The summed E-state index contributed by atoms with van der Waals surface area (Å²) in [6, 6.07) is 4.76. The summed E-state index contributed by atoms with van der Waals surface area (Å²) < 4.78 is 93.4. The predicted molar refractivity (Wildman–Crippen MR) is 94.8 cm³/mol. The van der Waals surface area contributed by atoms with Crippen molar-refractivity contribution in [2.75, 3.05) is 13.1 Å². The molecule has 0 aromatic heterocycles. The lowest BCUT2D eigenvalue weighted by Gasteiger charge is -2.28. The molecular formula is C15H18Cl2F7N3O. The first kappa shape index (κ1) is 26.5. The number of nitrogens with two attached hydrogens (primary N) is 1. The molecule has 1 aliphatic heterocycles. The number of rotatable bonds is 6. The number of hydrogen-bond donors (Lipinski definition) is 2. The second kappa shape index (κ2) is 9.36. The molecule has 1 atom stereocenters. The van der Waals surface area contributed by atoms with E-state index >= 15 is 0 Å². The molecule has 0 radical (unpaired) electrons. The third kappa shape index (κ3) is 5.54. The molecule has 13 heteroatoms. The molecule has 1 aromatic rings. The minimum absolute atomic E-state index is 0. The number of fused-ring (bicyclic) bond motifs is 1. The molecule has 0 saturated heterocycles. The van der Waals surface area contributed by atoms with Gasteiger partial charge in [0.15, 0.2) is 6.10 Å². The third-order valence-electron chi connectivity index (χ3n) is 3.75. The molecule has 1 aromatic carbocycles. The Morgan fingerprint density at radius 1 is 1.11 bits per heavy atom. The molecule has 0 bridgehead atoms. The highest BCUT2D eigenvalue weighted by molar-refractivity contribution is 5.89. The Balaban J connectivity index is 0.00000364. The highest BCUT2D eigenvalue weighted by Gasteiger charge is 2.72. The normalized spacial score (nSPS) is 16.9. The summed E-state index contributed by atoms with van der Waals surface area (Å²) in [5.74, 6) is -10.6. The van der Waals surface area contributed by atoms with Gasteiger partial charge in [-0.25, -0.2) is 4.99 Å². The number of ether oxygens (including phenoxy) is 1. The van der Waals surface area contributed by atoms with Crippen LogP contribution >= 0.6 is 24.8 Å². The first-order chi connectivity index (χ1) is 11.8. The lowest BCUT2D eigenvalue weighted by Crippen LogP contribution is -2.56. The highest BCUT2D eigenvalue weighted by atomic mass is 35.5. The van der Waals surface area contributed by atoms with Gasteiger partial charge < -0.3 is 15.8 Å². The molecule has 1 aliphatic rings. The predicted octanol–water partition coefficient (Wildman–Crippen LogP) is 4.26. The van der Waals surface area contributed by atoms with Crippen LogP contribution in [0.25, 0.3) is 0 Å². The Kier molecular flexibility index (Phi) is 8.87. The Labute approximate surface area is 168 Å². The van der Waals surface area contributed by atoms with Crippen LogP contribution in [0.15, 0.2) is 23.2 Å². The molecular weight excluding hydrogens is 442 g/mol. The maximum Gasteiger partial charge on any atom is 0.459 e. The maximum atomic E-state index is 13.1. The lowest BCUT2D eigenvalue weighted by atomic mass is 10.1. The molecule has 0 saturated carbocycles. The monoisotopic (exact) mass is 459 g/mol. The molecule has 0 fully saturated rings. The van der Waals surface area contributed by atoms with Crippen molar-refractivity contribution in [1.82, 2.24) is 5.32 Å². The molecule has 4 nitrogen and oxygen atoms in total. The van der Waals surface area contributed by atoms with Gasteiger partial charge >= 0.3 is 18.0 Å². The Morgan fingerprint density at radius 2 is 1.71 bits per heavy atom. The van der Waals surface area contributed by atoms with Crippen LogP contribution in [0.2, 0.25) is 0 Å². The van der Waals surface area contributed by atoms with Gasteiger partial charge in [-0.1, -0.05) is 6.07 Å². The number of amidine groups is 1. The van der Waals surface area contributed by atoms with E-state index in [9.17, 15) is 30.7 Å². The molecule has 1 heterocycles. The maximum absolute atomic E-state index is 13.1. The summed E-state index contributed by atoms with van der Waals surface area (Å²) in [6.07, 6.45) is -6.62. The fourth-order valence-electron chi connectivity index (χ4n) is 2.18. The van der Waals surface area contributed by atoms with Crippen molar-refractivity contribution in [3.8, 4) is 5.75 Å². The number of aliphatic imine (C=N–C) groups is 1. The summed E-state index contributed by atoms with van der Waals surface area (Å²) in [7, 11) is 0. The SMILES string of the molecule is C[C@H]1Oc2ccc(CCNCC(F)(F)C(F)(F)C(F)(F)F)cc2N=C1N.Cl.Cl.